The summed E-state index contributed by atoms with van der Waals surface area (Å²) in [5.74, 6) is 3.18. The molecule has 0 atom stereocenters. The minimum atomic E-state index is -0.172. The molecule has 3 aromatic rings. The lowest BCUT2D eigenvalue weighted by Crippen LogP contribution is -2.25. The number of pyridine rings is 1. The molecule has 2 aromatic heterocycles. The summed E-state index contributed by atoms with van der Waals surface area (Å²) in [4.78, 5) is 16.6. The molecule has 1 aromatic carbocycles. The van der Waals surface area contributed by atoms with Crippen LogP contribution in [0.2, 0.25) is 0 Å². The molecule has 0 bridgehead atoms. The third-order valence-electron chi connectivity index (χ3n) is 4.11. The zero-order valence-corrected chi connectivity index (χ0v) is 15.4. The van der Waals surface area contributed by atoms with E-state index in [1.165, 1.54) is 6.20 Å². The number of hydrogen-bond donors (Lipinski definition) is 1. The van der Waals surface area contributed by atoms with E-state index < -0.39 is 0 Å². The maximum Gasteiger partial charge on any atom is 0.257 e. The van der Waals surface area contributed by atoms with Gasteiger partial charge in [0.25, 0.3) is 11.6 Å². The highest BCUT2D eigenvalue weighted by Crippen LogP contribution is 2.24. The van der Waals surface area contributed by atoms with E-state index in [9.17, 15) is 4.79 Å². The molecule has 2 heterocycles. The van der Waals surface area contributed by atoms with Crippen LogP contribution < -0.4 is 10.1 Å². The summed E-state index contributed by atoms with van der Waals surface area (Å²) in [6.07, 6.45) is 7.38. The zero-order valence-electron chi connectivity index (χ0n) is 15.4. The third kappa shape index (κ3) is 4.45. The molecule has 0 aliphatic carbocycles. The van der Waals surface area contributed by atoms with Crippen LogP contribution in [0.4, 0.5) is 0 Å². The van der Waals surface area contributed by atoms with Crippen molar-refractivity contribution in [2.75, 3.05) is 13.2 Å². The van der Waals surface area contributed by atoms with Crippen molar-refractivity contribution in [2.24, 2.45) is 0 Å². The zero-order chi connectivity index (χ0) is 19.2. The van der Waals surface area contributed by atoms with Crippen molar-refractivity contribution in [2.45, 2.75) is 26.2 Å². The number of amides is 1. The van der Waals surface area contributed by atoms with E-state index in [0.717, 1.165) is 22.4 Å². The van der Waals surface area contributed by atoms with Crippen LogP contribution in [0.15, 0.2) is 41.1 Å². The van der Waals surface area contributed by atoms with Gasteiger partial charge in [0.05, 0.1) is 16.6 Å². The number of aromatic nitrogens is 2. The number of carbonyl (C=O) groups excluding carboxylic acids is 1. The molecule has 6 heteroatoms. The van der Waals surface area contributed by atoms with E-state index in [2.05, 4.69) is 21.4 Å². The first-order valence-electron chi connectivity index (χ1n) is 8.77. The summed E-state index contributed by atoms with van der Waals surface area (Å²) in [5.41, 5.74) is 2.84. The second-order valence-electron chi connectivity index (χ2n) is 6.44. The van der Waals surface area contributed by atoms with Crippen molar-refractivity contribution >= 4 is 17.0 Å². The van der Waals surface area contributed by atoms with Crippen LogP contribution >= 0.6 is 0 Å². The first kappa shape index (κ1) is 18.5. The predicted octanol–water partition coefficient (Wildman–Crippen LogP) is 3.33. The molecule has 1 N–H and O–H groups in total. The lowest BCUT2D eigenvalue weighted by atomic mass is 10.1. The van der Waals surface area contributed by atoms with Crippen LogP contribution in [-0.4, -0.2) is 29.2 Å². The Morgan fingerprint density at radius 2 is 2.11 bits per heavy atom. The number of terminal acetylenes is 1. The van der Waals surface area contributed by atoms with E-state index in [4.69, 9.17) is 15.7 Å². The minimum Gasteiger partial charge on any atom is -0.481 e. The summed E-state index contributed by atoms with van der Waals surface area (Å²) in [5, 5.41) is 7.72. The molecule has 0 saturated heterocycles. The molecule has 0 unspecified atom stereocenters. The average Bonchev–Trinajstić information content (AvgIpc) is 3.10. The predicted molar refractivity (Wildman–Crippen MR) is 103 cm³/mol. The number of fused-ring (bicyclic) bond motifs is 1. The van der Waals surface area contributed by atoms with Gasteiger partial charge in [-0.3, -0.25) is 4.79 Å². The summed E-state index contributed by atoms with van der Waals surface area (Å²) in [7, 11) is 0. The monoisotopic (exact) mass is 363 g/mol. The minimum absolute atomic E-state index is 0.172. The van der Waals surface area contributed by atoms with Gasteiger partial charge in [-0.2, -0.15) is 0 Å². The maximum atomic E-state index is 12.4. The van der Waals surface area contributed by atoms with Crippen LogP contribution in [0.5, 0.6) is 5.75 Å². The van der Waals surface area contributed by atoms with Gasteiger partial charge in [0, 0.05) is 12.7 Å². The number of benzene rings is 1. The van der Waals surface area contributed by atoms with E-state index in [-0.39, 0.29) is 18.4 Å². The number of ether oxygens (including phenoxy) is 1. The Bertz CT molecular complexity index is 968. The Labute approximate surface area is 157 Å². The second-order valence-corrected chi connectivity index (χ2v) is 6.44. The molecule has 0 radical (unpaired) electrons. The maximum absolute atomic E-state index is 12.4. The first-order valence-corrected chi connectivity index (χ1v) is 8.77. The van der Waals surface area contributed by atoms with Crippen molar-refractivity contribution in [1.29, 1.82) is 0 Å². The average molecular weight is 363 g/mol. The van der Waals surface area contributed by atoms with Gasteiger partial charge in [-0.05, 0) is 36.1 Å². The molecule has 0 aliphatic rings. The fraction of sp³-hybridized carbons (Fsp3) is 0.286. The van der Waals surface area contributed by atoms with Crippen LogP contribution in [0.1, 0.15) is 41.4 Å². The Kier molecular flexibility index (Phi) is 5.72. The van der Waals surface area contributed by atoms with Crippen molar-refractivity contribution in [3.05, 3.63) is 53.3 Å². The first-order chi connectivity index (χ1) is 13.1. The SMILES string of the molecule is C#CCOc1ccc(CCNC(=O)c2cnc3onc(C(C)C)c3c2)cc1. The van der Waals surface area contributed by atoms with Gasteiger partial charge < -0.3 is 14.6 Å². The second kappa shape index (κ2) is 8.37. The van der Waals surface area contributed by atoms with Gasteiger partial charge in [0.1, 0.15) is 12.4 Å². The van der Waals surface area contributed by atoms with E-state index in [1.807, 2.05) is 38.1 Å². The van der Waals surface area contributed by atoms with Crippen LogP contribution in [0.25, 0.3) is 11.1 Å². The van der Waals surface area contributed by atoms with Crippen LogP contribution in [0.3, 0.4) is 0 Å². The number of carbonyl (C=O) groups is 1. The Hall–Kier alpha value is -3.33. The van der Waals surface area contributed by atoms with Crippen LogP contribution in [-0.2, 0) is 6.42 Å². The van der Waals surface area contributed by atoms with Crippen molar-refractivity contribution in [3.8, 4) is 18.1 Å². The van der Waals surface area contributed by atoms with E-state index >= 15 is 0 Å². The summed E-state index contributed by atoms with van der Waals surface area (Å²) in [6.45, 7) is 4.81. The smallest absolute Gasteiger partial charge is 0.257 e. The molecule has 0 spiro atoms. The van der Waals surface area contributed by atoms with Crippen molar-refractivity contribution in [3.63, 3.8) is 0 Å². The molecule has 138 valence electrons. The van der Waals surface area contributed by atoms with Crippen molar-refractivity contribution in [1.82, 2.24) is 15.5 Å². The highest BCUT2D eigenvalue weighted by Gasteiger charge is 2.15. The molecular formula is C21H21N3O3. The van der Waals surface area contributed by atoms with Gasteiger partial charge in [-0.15, -0.1) is 6.42 Å². The topological polar surface area (TPSA) is 77.2 Å². The Morgan fingerprint density at radius 1 is 1.33 bits per heavy atom. The molecule has 0 saturated carbocycles. The molecule has 27 heavy (non-hydrogen) atoms. The van der Waals surface area contributed by atoms with Gasteiger partial charge in [-0.25, -0.2) is 4.98 Å². The Balaban J connectivity index is 1.58. The van der Waals surface area contributed by atoms with Gasteiger partial charge in [0.15, 0.2) is 0 Å². The molecular weight excluding hydrogens is 342 g/mol. The number of nitrogens with one attached hydrogen (secondary N) is 1. The van der Waals surface area contributed by atoms with Gasteiger partial charge in [0.2, 0.25) is 0 Å². The summed E-state index contributed by atoms with van der Waals surface area (Å²) >= 11 is 0. The quantitative estimate of drug-likeness (QED) is 0.652. The number of hydrogen-bond acceptors (Lipinski definition) is 5. The normalized spacial score (nSPS) is 10.7. The summed E-state index contributed by atoms with van der Waals surface area (Å²) < 4.78 is 10.5. The molecule has 3 rings (SSSR count). The lowest BCUT2D eigenvalue weighted by molar-refractivity contribution is 0.0954. The fourth-order valence-corrected chi connectivity index (χ4v) is 2.69. The molecule has 0 aliphatic heterocycles. The van der Waals surface area contributed by atoms with Gasteiger partial charge >= 0.3 is 0 Å². The van der Waals surface area contributed by atoms with Gasteiger partial charge in [-0.1, -0.05) is 37.1 Å². The third-order valence-corrected chi connectivity index (χ3v) is 4.11. The fourth-order valence-electron chi connectivity index (χ4n) is 2.69. The molecule has 1 amide bonds. The largest absolute Gasteiger partial charge is 0.481 e. The number of nitrogens with zero attached hydrogens (tertiary/aromatic N) is 2. The molecule has 0 fully saturated rings. The lowest BCUT2D eigenvalue weighted by Gasteiger charge is -2.07. The van der Waals surface area contributed by atoms with E-state index in [0.29, 0.717) is 24.2 Å². The van der Waals surface area contributed by atoms with E-state index in [1.54, 1.807) is 6.07 Å². The number of rotatable bonds is 7. The Morgan fingerprint density at radius 3 is 2.81 bits per heavy atom. The van der Waals surface area contributed by atoms with Crippen LogP contribution in [0, 0.1) is 12.3 Å². The van der Waals surface area contributed by atoms with Crippen molar-refractivity contribution < 1.29 is 14.1 Å². The molecule has 6 nitrogen and oxygen atoms in total. The standard InChI is InChI=1S/C21H21N3O3/c1-4-11-26-17-7-5-15(6-8-17)9-10-22-20(25)16-12-18-19(14(2)3)24-27-21(18)23-13-16/h1,5-8,12-14H,9-11H2,2-3H3,(H,22,25). The highest BCUT2D eigenvalue weighted by atomic mass is 16.5. The highest BCUT2D eigenvalue weighted by molar-refractivity contribution is 5.97. The summed E-state index contributed by atoms with van der Waals surface area (Å²) in [6, 6.07) is 9.42.